The number of carbonyl (C=O) groups excluding carboxylic acids is 1. The number of hydrogen-bond donors (Lipinski definition) is 1. The van der Waals surface area contributed by atoms with Crippen molar-refractivity contribution >= 4 is 22.2 Å². The number of rotatable bonds is 5. The first-order valence-corrected chi connectivity index (χ1v) is 9.69. The second-order valence-corrected chi connectivity index (χ2v) is 7.53. The molecule has 0 saturated carbocycles. The normalized spacial score (nSPS) is 12.3. The molecule has 3 aromatic rings. The summed E-state index contributed by atoms with van der Waals surface area (Å²) in [6.07, 6.45) is 3.02. The molecule has 1 heterocycles. The van der Waals surface area contributed by atoms with Gasteiger partial charge in [0.15, 0.2) is 0 Å². The van der Waals surface area contributed by atoms with Crippen LogP contribution in [-0.4, -0.2) is 5.91 Å². The lowest BCUT2D eigenvalue weighted by Crippen LogP contribution is -2.11. The van der Waals surface area contributed by atoms with Crippen LogP contribution in [-0.2, 0) is 19.4 Å². The van der Waals surface area contributed by atoms with Crippen molar-refractivity contribution in [1.82, 2.24) is 0 Å². The van der Waals surface area contributed by atoms with Crippen molar-refractivity contribution < 1.29 is 9.53 Å². The van der Waals surface area contributed by atoms with Gasteiger partial charge in [0.2, 0.25) is 0 Å². The molecule has 0 spiro atoms. The minimum absolute atomic E-state index is 0.207. The molecule has 0 fully saturated rings. The summed E-state index contributed by atoms with van der Waals surface area (Å²) in [6, 6.07) is 19.2. The Morgan fingerprint density at radius 1 is 1.11 bits per heavy atom. The van der Waals surface area contributed by atoms with Crippen molar-refractivity contribution in [1.29, 1.82) is 5.26 Å². The van der Waals surface area contributed by atoms with Gasteiger partial charge in [-0.2, -0.15) is 5.26 Å². The van der Waals surface area contributed by atoms with Gasteiger partial charge in [0.05, 0.1) is 5.56 Å². The molecule has 4 rings (SSSR count). The Bertz CT molecular complexity index is 1000. The average molecular weight is 374 g/mol. The lowest BCUT2D eigenvalue weighted by Gasteiger charge is -2.08. The first-order chi connectivity index (χ1) is 13.2. The number of benzene rings is 2. The Labute approximate surface area is 162 Å². The van der Waals surface area contributed by atoms with Crippen molar-refractivity contribution in [3.8, 4) is 11.8 Å². The van der Waals surface area contributed by atoms with Crippen molar-refractivity contribution in [2.75, 3.05) is 5.32 Å². The summed E-state index contributed by atoms with van der Waals surface area (Å²) in [4.78, 5) is 13.8. The summed E-state index contributed by atoms with van der Waals surface area (Å²) in [5.41, 5.74) is 3.37. The second-order valence-electron chi connectivity index (χ2n) is 6.43. The number of nitrogens with zero attached hydrogens (tertiary/aromatic N) is 1. The number of anilines is 1. The van der Waals surface area contributed by atoms with E-state index in [1.54, 1.807) is 24.3 Å². The number of nitrogens with one attached hydrogen (secondary N) is 1. The lowest BCUT2D eigenvalue weighted by molar-refractivity contribution is 0.102. The summed E-state index contributed by atoms with van der Waals surface area (Å²) in [7, 11) is 0. The summed E-state index contributed by atoms with van der Waals surface area (Å²) in [5, 5.41) is 13.0. The van der Waals surface area contributed by atoms with E-state index in [-0.39, 0.29) is 5.91 Å². The quantitative estimate of drug-likeness (QED) is 0.688. The van der Waals surface area contributed by atoms with Crippen LogP contribution in [0.2, 0.25) is 0 Å². The topological polar surface area (TPSA) is 62.1 Å². The van der Waals surface area contributed by atoms with Gasteiger partial charge in [-0.15, -0.1) is 11.3 Å². The number of thiophene rings is 1. The second kappa shape index (κ2) is 7.65. The Balaban J connectivity index is 1.42. The fraction of sp³-hybridized carbons (Fsp3) is 0.182. The number of carbonyl (C=O) groups is 1. The first kappa shape index (κ1) is 17.3. The fourth-order valence-electron chi connectivity index (χ4n) is 3.23. The van der Waals surface area contributed by atoms with Crippen molar-refractivity contribution in [2.24, 2.45) is 0 Å². The zero-order valence-corrected chi connectivity index (χ0v) is 15.5. The monoisotopic (exact) mass is 374 g/mol. The van der Waals surface area contributed by atoms with E-state index in [2.05, 4.69) is 11.4 Å². The highest BCUT2D eigenvalue weighted by atomic mass is 32.1. The maximum atomic E-state index is 12.5. The lowest BCUT2D eigenvalue weighted by atomic mass is 10.1. The van der Waals surface area contributed by atoms with Crippen LogP contribution in [0.3, 0.4) is 0 Å². The first-order valence-electron chi connectivity index (χ1n) is 8.87. The predicted molar refractivity (Wildman–Crippen MR) is 106 cm³/mol. The van der Waals surface area contributed by atoms with E-state index < -0.39 is 0 Å². The average Bonchev–Trinajstić information content (AvgIpc) is 3.28. The fourth-order valence-corrected chi connectivity index (χ4v) is 4.46. The molecule has 0 radical (unpaired) electrons. The van der Waals surface area contributed by atoms with Gasteiger partial charge in [0, 0.05) is 10.4 Å². The van der Waals surface area contributed by atoms with Crippen molar-refractivity contribution in [2.45, 2.75) is 25.9 Å². The van der Waals surface area contributed by atoms with E-state index in [0.717, 1.165) is 30.4 Å². The van der Waals surface area contributed by atoms with Crippen LogP contribution >= 0.6 is 11.3 Å². The number of fused-ring (bicyclic) bond motifs is 1. The van der Waals surface area contributed by atoms with Crippen LogP contribution in [0.25, 0.3) is 0 Å². The van der Waals surface area contributed by atoms with Crippen LogP contribution in [0.1, 0.15) is 38.3 Å². The van der Waals surface area contributed by atoms with Crippen LogP contribution in [0.4, 0.5) is 5.00 Å². The molecular formula is C22H18N2O2S. The van der Waals surface area contributed by atoms with Gasteiger partial charge in [-0.05, 0) is 54.7 Å². The summed E-state index contributed by atoms with van der Waals surface area (Å²) in [6.45, 7) is 0.485. The van der Waals surface area contributed by atoms with Crippen LogP contribution in [0.15, 0.2) is 54.6 Å². The standard InChI is InChI=1S/C22H18N2O2S/c23-13-19-18-7-4-8-20(18)27-22(19)24-21(25)16-9-11-17(12-10-16)26-14-15-5-2-1-3-6-15/h1-3,5-6,9-12H,4,7-8,14H2,(H,24,25). The number of hydrogen-bond acceptors (Lipinski definition) is 4. The highest BCUT2D eigenvalue weighted by molar-refractivity contribution is 7.16. The van der Waals surface area contributed by atoms with Gasteiger partial charge in [-0.25, -0.2) is 0 Å². The maximum absolute atomic E-state index is 12.5. The zero-order valence-electron chi connectivity index (χ0n) is 14.7. The third kappa shape index (κ3) is 3.71. The largest absolute Gasteiger partial charge is 0.489 e. The van der Waals surface area contributed by atoms with Gasteiger partial charge >= 0.3 is 0 Å². The van der Waals surface area contributed by atoms with E-state index in [1.165, 1.54) is 16.2 Å². The minimum atomic E-state index is -0.207. The third-order valence-electron chi connectivity index (χ3n) is 4.63. The maximum Gasteiger partial charge on any atom is 0.256 e. The molecule has 27 heavy (non-hydrogen) atoms. The van der Waals surface area contributed by atoms with Crippen molar-refractivity contribution in [3.05, 3.63) is 81.7 Å². The van der Waals surface area contributed by atoms with Gasteiger partial charge in [0.1, 0.15) is 23.4 Å². The molecular weight excluding hydrogens is 356 g/mol. The molecule has 1 aliphatic carbocycles. The third-order valence-corrected chi connectivity index (χ3v) is 5.83. The van der Waals surface area contributed by atoms with E-state index in [9.17, 15) is 10.1 Å². The highest BCUT2D eigenvalue weighted by Gasteiger charge is 2.23. The minimum Gasteiger partial charge on any atom is -0.489 e. The molecule has 0 bridgehead atoms. The van der Waals surface area contributed by atoms with Crippen LogP contribution in [0.5, 0.6) is 5.75 Å². The van der Waals surface area contributed by atoms with Crippen LogP contribution < -0.4 is 10.1 Å². The number of amides is 1. The molecule has 0 unspecified atom stereocenters. The number of aryl methyl sites for hydroxylation is 1. The molecule has 4 nitrogen and oxygen atoms in total. The molecule has 1 aliphatic rings. The smallest absolute Gasteiger partial charge is 0.256 e. The predicted octanol–water partition coefficient (Wildman–Crippen LogP) is 4.94. The Morgan fingerprint density at radius 2 is 1.89 bits per heavy atom. The van der Waals surface area contributed by atoms with Gasteiger partial charge in [-0.3, -0.25) is 4.79 Å². The molecule has 0 atom stereocenters. The molecule has 2 aromatic carbocycles. The number of nitriles is 1. The summed E-state index contributed by atoms with van der Waals surface area (Å²) in [5.74, 6) is 0.504. The number of ether oxygens (including phenoxy) is 1. The van der Waals surface area contributed by atoms with E-state index in [1.807, 2.05) is 30.3 Å². The van der Waals surface area contributed by atoms with E-state index in [4.69, 9.17) is 4.74 Å². The van der Waals surface area contributed by atoms with E-state index >= 15 is 0 Å². The molecule has 1 aromatic heterocycles. The molecule has 0 aliphatic heterocycles. The van der Waals surface area contributed by atoms with Gasteiger partial charge < -0.3 is 10.1 Å². The summed E-state index contributed by atoms with van der Waals surface area (Å²) < 4.78 is 5.75. The Kier molecular flexibility index (Phi) is 4.91. The van der Waals surface area contributed by atoms with Crippen LogP contribution in [0, 0.1) is 11.3 Å². The molecule has 5 heteroatoms. The van der Waals surface area contributed by atoms with Crippen molar-refractivity contribution in [3.63, 3.8) is 0 Å². The van der Waals surface area contributed by atoms with Gasteiger partial charge in [-0.1, -0.05) is 30.3 Å². The van der Waals surface area contributed by atoms with E-state index in [0.29, 0.717) is 28.5 Å². The summed E-state index contributed by atoms with van der Waals surface area (Å²) >= 11 is 1.53. The molecule has 134 valence electrons. The highest BCUT2D eigenvalue weighted by Crippen LogP contribution is 2.38. The SMILES string of the molecule is N#Cc1c(NC(=O)c2ccc(OCc3ccccc3)cc2)sc2c1CCC2. The Hall–Kier alpha value is -3.10. The van der Waals surface area contributed by atoms with Gasteiger partial charge in [0.25, 0.3) is 5.91 Å². The molecule has 1 amide bonds. The molecule has 0 saturated heterocycles. The Morgan fingerprint density at radius 3 is 2.63 bits per heavy atom. The molecule has 1 N–H and O–H groups in total. The zero-order chi connectivity index (χ0) is 18.6.